The van der Waals surface area contributed by atoms with E-state index < -0.39 is 21.7 Å². The summed E-state index contributed by atoms with van der Waals surface area (Å²) in [5, 5.41) is 8.66. The van der Waals surface area contributed by atoms with Crippen molar-refractivity contribution in [2.45, 2.75) is 32.3 Å². The highest BCUT2D eigenvalue weighted by Gasteiger charge is 2.26. The second kappa shape index (κ2) is 5.63. The number of ether oxygens (including phenoxy) is 1. The topological polar surface area (TPSA) is 80.7 Å². The molecule has 0 bridgehead atoms. The van der Waals surface area contributed by atoms with Gasteiger partial charge in [-0.2, -0.15) is 0 Å². The molecule has 1 aliphatic heterocycles. The van der Waals surface area contributed by atoms with Crippen molar-refractivity contribution in [1.82, 2.24) is 0 Å². The van der Waals surface area contributed by atoms with Crippen LogP contribution in [0.5, 0.6) is 0 Å². The third-order valence-corrected chi connectivity index (χ3v) is 4.53. The minimum Gasteiger partial charge on any atom is -0.481 e. The molecule has 1 saturated heterocycles. The number of carbonyl (C=O) groups is 1. The standard InChI is InChI=1S/C10H18O5S/c1-8(10(11)12)6-16(13,14)7-9-4-2-3-5-15-9/h8-9H,2-7H2,1H3,(H,11,12). The van der Waals surface area contributed by atoms with Crippen molar-refractivity contribution >= 4 is 15.8 Å². The van der Waals surface area contributed by atoms with Crippen LogP contribution in [0.1, 0.15) is 26.2 Å². The van der Waals surface area contributed by atoms with Crippen molar-refractivity contribution in [2.24, 2.45) is 5.92 Å². The molecule has 0 amide bonds. The summed E-state index contributed by atoms with van der Waals surface area (Å²) in [7, 11) is -3.33. The maximum absolute atomic E-state index is 11.7. The lowest BCUT2D eigenvalue weighted by Gasteiger charge is -2.22. The van der Waals surface area contributed by atoms with E-state index in [1.807, 2.05) is 0 Å². The number of carboxylic acid groups (broad SMARTS) is 1. The lowest BCUT2D eigenvalue weighted by Crippen LogP contribution is -2.31. The second-order valence-corrected chi connectivity index (χ2v) is 6.46. The predicted octanol–water partition coefficient (Wildman–Crippen LogP) is 0.691. The van der Waals surface area contributed by atoms with E-state index in [0.29, 0.717) is 6.61 Å². The summed E-state index contributed by atoms with van der Waals surface area (Å²) in [6, 6.07) is 0. The van der Waals surface area contributed by atoms with Gasteiger partial charge in [0.2, 0.25) is 0 Å². The molecular formula is C10H18O5S. The van der Waals surface area contributed by atoms with E-state index in [0.717, 1.165) is 19.3 Å². The fourth-order valence-corrected chi connectivity index (χ4v) is 3.61. The normalized spacial score (nSPS) is 23.9. The molecule has 6 heteroatoms. The fraction of sp³-hybridized carbons (Fsp3) is 0.900. The highest BCUT2D eigenvalue weighted by molar-refractivity contribution is 7.91. The zero-order chi connectivity index (χ0) is 12.2. The van der Waals surface area contributed by atoms with Crippen LogP contribution in [0.2, 0.25) is 0 Å². The van der Waals surface area contributed by atoms with Crippen LogP contribution in [-0.2, 0) is 19.4 Å². The van der Waals surface area contributed by atoms with Gasteiger partial charge in [-0.25, -0.2) is 8.42 Å². The van der Waals surface area contributed by atoms with E-state index >= 15 is 0 Å². The molecule has 94 valence electrons. The van der Waals surface area contributed by atoms with Gasteiger partial charge in [0.15, 0.2) is 9.84 Å². The molecule has 0 radical (unpaired) electrons. The number of rotatable bonds is 5. The Morgan fingerprint density at radius 2 is 2.19 bits per heavy atom. The molecule has 1 heterocycles. The summed E-state index contributed by atoms with van der Waals surface area (Å²) < 4.78 is 28.7. The Balaban J connectivity index is 2.47. The first-order chi connectivity index (χ1) is 7.41. The molecule has 0 aromatic rings. The first-order valence-corrected chi connectivity index (χ1v) is 7.27. The zero-order valence-electron chi connectivity index (χ0n) is 9.39. The van der Waals surface area contributed by atoms with E-state index in [1.54, 1.807) is 0 Å². The Bertz CT molecular complexity index is 329. The highest BCUT2D eigenvalue weighted by Crippen LogP contribution is 2.15. The minimum atomic E-state index is -3.33. The summed E-state index contributed by atoms with van der Waals surface area (Å²) in [5.41, 5.74) is 0. The molecule has 0 saturated carbocycles. The second-order valence-electron chi connectivity index (χ2n) is 4.30. The van der Waals surface area contributed by atoms with Crippen LogP contribution in [0.3, 0.4) is 0 Å². The molecule has 2 unspecified atom stereocenters. The van der Waals surface area contributed by atoms with Crippen molar-refractivity contribution < 1.29 is 23.1 Å². The molecule has 5 nitrogen and oxygen atoms in total. The number of hydrogen-bond acceptors (Lipinski definition) is 4. The van der Waals surface area contributed by atoms with Gasteiger partial charge in [0, 0.05) is 6.61 Å². The molecule has 1 rings (SSSR count). The predicted molar refractivity (Wildman–Crippen MR) is 59.0 cm³/mol. The molecule has 2 atom stereocenters. The van der Waals surface area contributed by atoms with Crippen molar-refractivity contribution in [3.63, 3.8) is 0 Å². The molecule has 0 aliphatic carbocycles. The molecule has 1 N–H and O–H groups in total. The van der Waals surface area contributed by atoms with E-state index in [4.69, 9.17) is 9.84 Å². The largest absolute Gasteiger partial charge is 0.481 e. The Morgan fingerprint density at radius 3 is 2.69 bits per heavy atom. The third kappa shape index (κ3) is 4.49. The average molecular weight is 250 g/mol. The van der Waals surface area contributed by atoms with Crippen LogP contribution in [0, 0.1) is 5.92 Å². The van der Waals surface area contributed by atoms with Gasteiger partial charge in [-0.05, 0) is 19.3 Å². The van der Waals surface area contributed by atoms with Crippen LogP contribution in [-0.4, -0.2) is 43.7 Å². The number of sulfone groups is 1. The lowest BCUT2D eigenvalue weighted by molar-refractivity contribution is -0.140. The van der Waals surface area contributed by atoms with Crippen molar-refractivity contribution in [3.8, 4) is 0 Å². The monoisotopic (exact) mass is 250 g/mol. The van der Waals surface area contributed by atoms with E-state index in [1.165, 1.54) is 6.92 Å². The van der Waals surface area contributed by atoms with Crippen LogP contribution in [0.15, 0.2) is 0 Å². The van der Waals surface area contributed by atoms with E-state index in [-0.39, 0.29) is 17.6 Å². The summed E-state index contributed by atoms with van der Waals surface area (Å²) in [6.07, 6.45) is 2.46. The van der Waals surface area contributed by atoms with Gasteiger partial charge in [0.05, 0.1) is 23.5 Å². The maximum Gasteiger partial charge on any atom is 0.307 e. The van der Waals surface area contributed by atoms with Crippen LogP contribution >= 0.6 is 0 Å². The zero-order valence-corrected chi connectivity index (χ0v) is 10.2. The Labute approximate surface area is 95.7 Å². The van der Waals surface area contributed by atoms with Gasteiger partial charge in [0.1, 0.15) is 0 Å². The molecule has 0 aromatic heterocycles. The first kappa shape index (κ1) is 13.4. The van der Waals surface area contributed by atoms with Crippen molar-refractivity contribution in [2.75, 3.05) is 18.1 Å². The number of carboxylic acids is 1. The summed E-state index contributed by atoms with van der Waals surface area (Å²) in [5.74, 6) is -2.28. The van der Waals surface area contributed by atoms with Gasteiger partial charge < -0.3 is 9.84 Å². The number of hydrogen-bond donors (Lipinski definition) is 1. The quantitative estimate of drug-likeness (QED) is 0.776. The summed E-state index contributed by atoms with van der Waals surface area (Å²) in [4.78, 5) is 10.6. The lowest BCUT2D eigenvalue weighted by atomic mass is 10.1. The van der Waals surface area contributed by atoms with Crippen LogP contribution < -0.4 is 0 Å². The molecule has 1 aliphatic rings. The van der Waals surface area contributed by atoms with Gasteiger partial charge in [-0.3, -0.25) is 4.79 Å². The SMILES string of the molecule is CC(CS(=O)(=O)CC1CCCCO1)C(=O)O. The summed E-state index contributed by atoms with van der Waals surface area (Å²) in [6.45, 7) is 2.01. The number of aliphatic carboxylic acids is 1. The van der Waals surface area contributed by atoms with Gasteiger partial charge in [-0.1, -0.05) is 6.92 Å². The van der Waals surface area contributed by atoms with Crippen molar-refractivity contribution in [3.05, 3.63) is 0 Å². The van der Waals surface area contributed by atoms with Gasteiger partial charge in [0.25, 0.3) is 0 Å². The van der Waals surface area contributed by atoms with Gasteiger partial charge in [-0.15, -0.1) is 0 Å². The van der Waals surface area contributed by atoms with Crippen LogP contribution in [0.25, 0.3) is 0 Å². The fourth-order valence-electron chi connectivity index (χ4n) is 1.74. The Hall–Kier alpha value is -0.620. The first-order valence-electron chi connectivity index (χ1n) is 5.45. The third-order valence-electron chi connectivity index (χ3n) is 2.64. The average Bonchev–Trinajstić information content (AvgIpc) is 2.17. The highest BCUT2D eigenvalue weighted by atomic mass is 32.2. The van der Waals surface area contributed by atoms with Crippen LogP contribution in [0.4, 0.5) is 0 Å². The Morgan fingerprint density at radius 1 is 1.50 bits per heavy atom. The van der Waals surface area contributed by atoms with Gasteiger partial charge >= 0.3 is 5.97 Å². The molecule has 0 aromatic carbocycles. The van der Waals surface area contributed by atoms with Crippen molar-refractivity contribution in [1.29, 1.82) is 0 Å². The molecule has 16 heavy (non-hydrogen) atoms. The van der Waals surface area contributed by atoms with E-state index in [9.17, 15) is 13.2 Å². The Kier molecular flexibility index (Phi) is 4.73. The molecular weight excluding hydrogens is 232 g/mol. The smallest absolute Gasteiger partial charge is 0.307 e. The molecule has 0 spiro atoms. The van der Waals surface area contributed by atoms with E-state index in [2.05, 4.69) is 0 Å². The molecule has 1 fully saturated rings. The maximum atomic E-state index is 11.7. The summed E-state index contributed by atoms with van der Waals surface area (Å²) >= 11 is 0. The minimum absolute atomic E-state index is 0.0510.